The second-order valence-corrected chi connectivity index (χ2v) is 5.27. The minimum Gasteiger partial charge on any atom is -0.466 e. The fourth-order valence-corrected chi connectivity index (χ4v) is 2.26. The van der Waals surface area contributed by atoms with Crippen LogP contribution in [0.5, 0.6) is 0 Å². The fourth-order valence-electron chi connectivity index (χ4n) is 2.26. The van der Waals surface area contributed by atoms with Gasteiger partial charge in [-0.1, -0.05) is 6.07 Å². The van der Waals surface area contributed by atoms with E-state index in [2.05, 4.69) is 4.98 Å². The Bertz CT molecular complexity index is 738. The van der Waals surface area contributed by atoms with Gasteiger partial charge in [-0.05, 0) is 30.7 Å². The van der Waals surface area contributed by atoms with Crippen LogP contribution in [0.2, 0.25) is 0 Å². The van der Waals surface area contributed by atoms with Gasteiger partial charge in [0.25, 0.3) is 5.91 Å². The zero-order chi connectivity index (χ0) is 18.2. The molecule has 7 heteroatoms. The molecule has 2 rings (SSSR count). The normalized spacial score (nSPS) is 10.4. The Morgan fingerprint density at radius 2 is 2.04 bits per heavy atom. The largest absolute Gasteiger partial charge is 0.466 e. The Kier molecular flexibility index (Phi) is 6.56. The number of ether oxygens (including phenoxy) is 1. The molecule has 0 spiro atoms. The highest BCUT2D eigenvalue weighted by Crippen LogP contribution is 2.15. The number of rotatable bonds is 7. The van der Waals surface area contributed by atoms with Crippen LogP contribution in [0.15, 0.2) is 42.7 Å². The first-order valence-electron chi connectivity index (χ1n) is 7.80. The molecule has 0 fully saturated rings. The summed E-state index contributed by atoms with van der Waals surface area (Å²) in [4.78, 5) is 29.5. The van der Waals surface area contributed by atoms with Crippen molar-refractivity contribution in [1.29, 1.82) is 0 Å². The Morgan fingerprint density at radius 3 is 2.68 bits per heavy atom. The Morgan fingerprint density at radius 1 is 1.24 bits per heavy atom. The van der Waals surface area contributed by atoms with E-state index in [0.717, 1.165) is 17.7 Å². The lowest BCUT2D eigenvalue weighted by molar-refractivity contribution is -0.143. The van der Waals surface area contributed by atoms with Crippen LogP contribution >= 0.6 is 0 Å². The standard InChI is InChI=1S/C18H18F2N2O3/c1-2-25-17(23)7-9-22(12-13-4-3-8-21-11-13)18(24)15-6-5-14(19)10-16(15)20/h3-6,8,10-11H,2,7,9,12H2,1H3. The van der Waals surface area contributed by atoms with E-state index in [-0.39, 0.29) is 31.7 Å². The molecule has 132 valence electrons. The van der Waals surface area contributed by atoms with Crippen LogP contribution in [0, 0.1) is 11.6 Å². The molecule has 0 saturated heterocycles. The summed E-state index contributed by atoms with van der Waals surface area (Å²) in [5, 5.41) is 0. The van der Waals surface area contributed by atoms with E-state index in [4.69, 9.17) is 4.74 Å². The number of carbonyl (C=O) groups excluding carboxylic acids is 2. The summed E-state index contributed by atoms with van der Waals surface area (Å²) in [6.45, 7) is 2.11. The lowest BCUT2D eigenvalue weighted by atomic mass is 10.1. The van der Waals surface area contributed by atoms with Gasteiger partial charge in [-0.25, -0.2) is 8.78 Å². The number of carbonyl (C=O) groups is 2. The maximum atomic E-state index is 13.9. The van der Waals surface area contributed by atoms with Gasteiger partial charge in [0.15, 0.2) is 0 Å². The van der Waals surface area contributed by atoms with Gasteiger partial charge in [-0.15, -0.1) is 0 Å². The highest BCUT2D eigenvalue weighted by molar-refractivity contribution is 5.94. The quantitative estimate of drug-likeness (QED) is 0.722. The van der Waals surface area contributed by atoms with Crippen molar-refractivity contribution >= 4 is 11.9 Å². The summed E-state index contributed by atoms with van der Waals surface area (Å²) in [7, 11) is 0. The molecule has 1 heterocycles. The zero-order valence-electron chi connectivity index (χ0n) is 13.7. The maximum Gasteiger partial charge on any atom is 0.307 e. The summed E-state index contributed by atoms with van der Waals surface area (Å²) in [6.07, 6.45) is 3.14. The molecule has 0 saturated carbocycles. The first-order valence-corrected chi connectivity index (χ1v) is 7.80. The van der Waals surface area contributed by atoms with E-state index in [1.54, 1.807) is 31.5 Å². The number of aromatic nitrogens is 1. The number of nitrogens with zero attached hydrogens (tertiary/aromatic N) is 2. The topological polar surface area (TPSA) is 59.5 Å². The van der Waals surface area contributed by atoms with Crippen LogP contribution < -0.4 is 0 Å². The average Bonchev–Trinajstić information content (AvgIpc) is 2.59. The van der Waals surface area contributed by atoms with E-state index in [0.29, 0.717) is 6.07 Å². The first kappa shape index (κ1) is 18.5. The minimum atomic E-state index is -0.947. The van der Waals surface area contributed by atoms with Gasteiger partial charge in [0.05, 0.1) is 18.6 Å². The summed E-state index contributed by atoms with van der Waals surface area (Å²) in [5.74, 6) is -2.80. The number of amides is 1. The fraction of sp³-hybridized carbons (Fsp3) is 0.278. The maximum absolute atomic E-state index is 13.9. The van der Waals surface area contributed by atoms with Gasteiger partial charge in [0.1, 0.15) is 11.6 Å². The van der Waals surface area contributed by atoms with Crippen LogP contribution in [0.3, 0.4) is 0 Å². The number of halogens is 2. The molecule has 0 aliphatic carbocycles. The lowest BCUT2D eigenvalue weighted by Crippen LogP contribution is -2.33. The highest BCUT2D eigenvalue weighted by Gasteiger charge is 2.21. The van der Waals surface area contributed by atoms with Crippen molar-refractivity contribution < 1.29 is 23.1 Å². The van der Waals surface area contributed by atoms with Gasteiger partial charge >= 0.3 is 5.97 Å². The molecule has 0 bridgehead atoms. The molecular formula is C18H18F2N2O3. The van der Waals surface area contributed by atoms with Gasteiger partial charge in [0.2, 0.25) is 0 Å². The first-order chi connectivity index (χ1) is 12.0. The molecule has 1 aromatic heterocycles. The molecule has 5 nitrogen and oxygen atoms in total. The molecule has 2 aromatic rings. The van der Waals surface area contributed by atoms with Crippen molar-refractivity contribution in [2.45, 2.75) is 19.9 Å². The molecule has 0 atom stereocenters. The van der Waals surface area contributed by atoms with E-state index < -0.39 is 23.5 Å². The van der Waals surface area contributed by atoms with E-state index in [1.807, 2.05) is 0 Å². The van der Waals surface area contributed by atoms with Crippen LogP contribution in [0.4, 0.5) is 8.78 Å². The van der Waals surface area contributed by atoms with E-state index in [1.165, 1.54) is 4.90 Å². The molecule has 0 unspecified atom stereocenters. The Hall–Kier alpha value is -2.83. The number of hydrogen-bond acceptors (Lipinski definition) is 4. The van der Waals surface area contributed by atoms with Crippen molar-refractivity contribution in [3.63, 3.8) is 0 Å². The predicted octanol–water partition coefficient (Wildman–Crippen LogP) is 2.96. The third-order valence-electron chi connectivity index (χ3n) is 3.44. The van der Waals surface area contributed by atoms with Crippen molar-refractivity contribution in [2.24, 2.45) is 0 Å². The summed E-state index contributed by atoms with van der Waals surface area (Å²) in [5.41, 5.74) is 0.469. The van der Waals surface area contributed by atoms with Gasteiger partial charge in [-0.3, -0.25) is 14.6 Å². The monoisotopic (exact) mass is 348 g/mol. The molecule has 0 aliphatic heterocycles. The van der Waals surface area contributed by atoms with Crippen molar-refractivity contribution in [2.75, 3.05) is 13.2 Å². The molecule has 0 aliphatic rings. The number of hydrogen-bond donors (Lipinski definition) is 0. The van der Waals surface area contributed by atoms with E-state index >= 15 is 0 Å². The molecule has 0 radical (unpaired) electrons. The number of benzene rings is 1. The summed E-state index contributed by atoms with van der Waals surface area (Å²) < 4.78 is 31.8. The third-order valence-corrected chi connectivity index (χ3v) is 3.44. The molecular weight excluding hydrogens is 330 g/mol. The second kappa shape index (κ2) is 8.86. The summed E-state index contributed by atoms with van der Waals surface area (Å²) in [6, 6.07) is 6.23. The van der Waals surface area contributed by atoms with Gasteiger partial charge in [-0.2, -0.15) is 0 Å². The SMILES string of the molecule is CCOC(=O)CCN(Cc1cccnc1)C(=O)c1ccc(F)cc1F. The van der Waals surface area contributed by atoms with Crippen LogP contribution in [-0.2, 0) is 16.1 Å². The van der Waals surface area contributed by atoms with Gasteiger partial charge in [0, 0.05) is 31.5 Å². The third kappa shape index (κ3) is 5.34. The average molecular weight is 348 g/mol. The lowest BCUT2D eigenvalue weighted by Gasteiger charge is -2.22. The Labute approximate surface area is 144 Å². The van der Waals surface area contributed by atoms with Crippen molar-refractivity contribution in [3.8, 4) is 0 Å². The molecule has 1 aromatic carbocycles. The smallest absolute Gasteiger partial charge is 0.307 e. The van der Waals surface area contributed by atoms with E-state index in [9.17, 15) is 18.4 Å². The zero-order valence-corrected chi connectivity index (χ0v) is 13.7. The predicted molar refractivity (Wildman–Crippen MR) is 86.6 cm³/mol. The molecule has 0 N–H and O–H groups in total. The van der Waals surface area contributed by atoms with Crippen LogP contribution in [-0.4, -0.2) is 34.9 Å². The highest BCUT2D eigenvalue weighted by atomic mass is 19.1. The number of pyridine rings is 1. The van der Waals surface area contributed by atoms with Crippen molar-refractivity contribution in [1.82, 2.24) is 9.88 Å². The second-order valence-electron chi connectivity index (χ2n) is 5.27. The van der Waals surface area contributed by atoms with Crippen LogP contribution in [0.25, 0.3) is 0 Å². The van der Waals surface area contributed by atoms with Crippen molar-refractivity contribution in [3.05, 3.63) is 65.5 Å². The molecule has 25 heavy (non-hydrogen) atoms. The minimum absolute atomic E-state index is 0.0251. The Balaban J connectivity index is 2.19. The van der Waals surface area contributed by atoms with Gasteiger partial charge < -0.3 is 9.64 Å². The molecule has 1 amide bonds. The van der Waals surface area contributed by atoms with Crippen LogP contribution in [0.1, 0.15) is 29.3 Å². The number of esters is 1. The summed E-state index contributed by atoms with van der Waals surface area (Å²) >= 11 is 0.